The Morgan fingerprint density at radius 3 is 2.12 bits per heavy atom. The zero-order valence-corrected chi connectivity index (χ0v) is 16.9. The van der Waals surface area contributed by atoms with Crippen molar-refractivity contribution in [2.45, 2.75) is 0 Å². The second-order valence-corrected chi connectivity index (χ2v) is 6.66. The maximum atomic E-state index is 12.1. The second kappa shape index (κ2) is 9.90. The molecule has 32 heavy (non-hydrogen) atoms. The Kier molecular flexibility index (Phi) is 6.38. The lowest BCUT2D eigenvalue weighted by Gasteiger charge is -2.07. The molecule has 7 heteroatoms. The molecule has 0 aliphatic rings. The summed E-state index contributed by atoms with van der Waals surface area (Å²) in [6.45, 7) is 0. The Bertz CT molecular complexity index is 1220. The minimum atomic E-state index is -0.902. The number of nitrogens with one attached hydrogen (secondary N) is 2. The van der Waals surface area contributed by atoms with Crippen molar-refractivity contribution in [3.63, 3.8) is 0 Å². The molecule has 0 aliphatic heterocycles. The summed E-state index contributed by atoms with van der Waals surface area (Å²) >= 11 is 0. The summed E-state index contributed by atoms with van der Waals surface area (Å²) in [5.74, 6) is 0.684. The van der Waals surface area contributed by atoms with E-state index in [-0.39, 0.29) is 0 Å². The normalized spacial score (nSPS) is 10.6. The summed E-state index contributed by atoms with van der Waals surface area (Å²) in [7, 11) is 0. The van der Waals surface area contributed by atoms with Crippen LogP contribution >= 0.6 is 0 Å². The first-order valence-electron chi connectivity index (χ1n) is 9.80. The lowest BCUT2D eigenvalue weighted by Crippen LogP contribution is -2.32. The third-order valence-corrected chi connectivity index (χ3v) is 4.34. The maximum absolute atomic E-state index is 12.1. The molecule has 0 fully saturated rings. The van der Waals surface area contributed by atoms with Crippen molar-refractivity contribution in [3.05, 3.63) is 103 Å². The number of para-hydroxylation sites is 1. The molecule has 1 aromatic heterocycles. The number of benzene rings is 3. The highest BCUT2D eigenvalue weighted by molar-refractivity contribution is 6.39. The predicted molar refractivity (Wildman–Crippen MR) is 121 cm³/mol. The molecule has 0 radical (unpaired) electrons. The summed E-state index contributed by atoms with van der Waals surface area (Å²) in [6, 6.07) is 29.1. The molecule has 4 aromatic rings. The second-order valence-electron chi connectivity index (χ2n) is 6.66. The van der Waals surface area contributed by atoms with Crippen LogP contribution in [0.1, 0.15) is 5.76 Å². The van der Waals surface area contributed by atoms with Gasteiger partial charge in [-0.2, -0.15) is 5.10 Å². The summed E-state index contributed by atoms with van der Waals surface area (Å²) in [6.07, 6.45) is 1.33. The number of ether oxygens (including phenoxy) is 1. The third kappa shape index (κ3) is 5.48. The van der Waals surface area contributed by atoms with Gasteiger partial charge in [-0.15, -0.1) is 0 Å². The fraction of sp³-hybridized carbons (Fsp3) is 0. The standard InChI is InChI=1S/C25H19N3O4/c29-24(27-19-11-13-21(14-12-19)31-20-9-5-2-6-10-20)25(30)28-26-17-22-15-16-23(32-22)18-7-3-1-4-8-18/h1-17H,(H,27,29)(H,28,30)/b26-17+. The maximum Gasteiger partial charge on any atom is 0.329 e. The molecule has 0 bridgehead atoms. The van der Waals surface area contributed by atoms with E-state index in [1.807, 2.05) is 60.7 Å². The van der Waals surface area contributed by atoms with Gasteiger partial charge in [-0.05, 0) is 48.5 Å². The third-order valence-electron chi connectivity index (χ3n) is 4.34. The molecular formula is C25H19N3O4. The molecule has 1 heterocycles. The number of rotatable bonds is 6. The monoisotopic (exact) mass is 425 g/mol. The quantitative estimate of drug-likeness (QED) is 0.263. The van der Waals surface area contributed by atoms with E-state index in [4.69, 9.17) is 9.15 Å². The van der Waals surface area contributed by atoms with E-state index in [2.05, 4.69) is 15.8 Å². The molecule has 0 saturated carbocycles. The first kappa shape index (κ1) is 20.6. The minimum absolute atomic E-state index is 0.443. The van der Waals surface area contributed by atoms with E-state index in [0.717, 1.165) is 5.56 Å². The van der Waals surface area contributed by atoms with Gasteiger partial charge < -0.3 is 14.5 Å². The van der Waals surface area contributed by atoms with Crippen molar-refractivity contribution in [3.8, 4) is 22.8 Å². The summed E-state index contributed by atoms with van der Waals surface area (Å²) < 4.78 is 11.3. The van der Waals surface area contributed by atoms with Crippen molar-refractivity contribution in [1.29, 1.82) is 0 Å². The molecule has 0 spiro atoms. The number of amides is 2. The predicted octanol–water partition coefficient (Wildman–Crippen LogP) is 4.83. The number of anilines is 1. The number of hydrazone groups is 1. The van der Waals surface area contributed by atoms with Gasteiger partial charge in [0.1, 0.15) is 23.0 Å². The molecule has 2 N–H and O–H groups in total. The molecule has 158 valence electrons. The lowest BCUT2D eigenvalue weighted by atomic mass is 10.2. The molecular weight excluding hydrogens is 406 g/mol. The van der Waals surface area contributed by atoms with E-state index in [1.165, 1.54) is 6.21 Å². The summed E-state index contributed by atoms with van der Waals surface area (Å²) in [5, 5.41) is 6.28. The Balaban J connectivity index is 1.28. The zero-order chi connectivity index (χ0) is 22.2. The highest BCUT2D eigenvalue weighted by Gasteiger charge is 2.13. The van der Waals surface area contributed by atoms with E-state index >= 15 is 0 Å². The summed E-state index contributed by atoms with van der Waals surface area (Å²) in [4.78, 5) is 24.0. The first-order chi connectivity index (χ1) is 15.7. The highest BCUT2D eigenvalue weighted by atomic mass is 16.5. The van der Waals surface area contributed by atoms with Gasteiger partial charge in [0.05, 0.1) is 6.21 Å². The van der Waals surface area contributed by atoms with Crippen LogP contribution < -0.4 is 15.5 Å². The average molecular weight is 425 g/mol. The Morgan fingerprint density at radius 1 is 0.750 bits per heavy atom. The van der Waals surface area contributed by atoms with Gasteiger partial charge >= 0.3 is 11.8 Å². The van der Waals surface area contributed by atoms with Crippen LogP contribution in [-0.2, 0) is 9.59 Å². The van der Waals surface area contributed by atoms with E-state index < -0.39 is 11.8 Å². The van der Waals surface area contributed by atoms with Crippen molar-refractivity contribution in [1.82, 2.24) is 5.43 Å². The van der Waals surface area contributed by atoms with Gasteiger partial charge in [0.15, 0.2) is 0 Å². The number of furan rings is 1. The van der Waals surface area contributed by atoms with E-state index in [9.17, 15) is 9.59 Å². The topological polar surface area (TPSA) is 92.9 Å². The number of carbonyl (C=O) groups excluding carboxylic acids is 2. The fourth-order valence-corrected chi connectivity index (χ4v) is 2.80. The Labute approximate surface area is 184 Å². The van der Waals surface area contributed by atoms with Crippen LogP contribution in [0.2, 0.25) is 0 Å². The van der Waals surface area contributed by atoms with Crippen molar-refractivity contribution >= 4 is 23.7 Å². The van der Waals surface area contributed by atoms with Gasteiger partial charge in [-0.25, -0.2) is 5.43 Å². The molecule has 0 atom stereocenters. The SMILES string of the molecule is O=C(N/N=C/c1ccc(-c2ccccc2)o1)C(=O)Nc1ccc(Oc2ccccc2)cc1. The molecule has 4 rings (SSSR count). The van der Waals surface area contributed by atoms with Crippen molar-refractivity contribution in [2.75, 3.05) is 5.32 Å². The average Bonchev–Trinajstić information content (AvgIpc) is 3.30. The van der Waals surface area contributed by atoms with Crippen LogP contribution in [0, 0.1) is 0 Å². The van der Waals surface area contributed by atoms with Crippen LogP contribution in [0.5, 0.6) is 11.5 Å². The number of nitrogens with zero attached hydrogens (tertiary/aromatic N) is 1. The van der Waals surface area contributed by atoms with E-state index in [1.54, 1.807) is 36.4 Å². The van der Waals surface area contributed by atoms with Crippen molar-refractivity contribution < 1.29 is 18.7 Å². The van der Waals surface area contributed by atoms with Crippen LogP contribution in [-0.4, -0.2) is 18.0 Å². The minimum Gasteiger partial charge on any atom is -0.457 e. The molecule has 0 unspecified atom stereocenters. The van der Waals surface area contributed by atoms with Gasteiger partial charge in [-0.3, -0.25) is 9.59 Å². The Hall–Kier alpha value is -4.65. The zero-order valence-electron chi connectivity index (χ0n) is 16.9. The Morgan fingerprint density at radius 2 is 1.41 bits per heavy atom. The highest BCUT2D eigenvalue weighted by Crippen LogP contribution is 2.23. The van der Waals surface area contributed by atoms with Crippen LogP contribution in [0.3, 0.4) is 0 Å². The lowest BCUT2D eigenvalue weighted by molar-refractivity contribution is -0.136. The van der Waals surface area contributed by atoms with Crippen LogP contribution in [0.25, 0.3) is 11.3 Å². The van der Waals surface area contributed by atoms with Gasteiger partial charge in [-0.1, -0.05) is 48.5 Å². The molecule has 0 aliphatic carbocycles. The summed E-state index contributed by atoms with van der Waals surface area (Å²) in [5.41, 5.74) is 3.56. The molecule has 0 saturated heterocycles. The van der Waals surface area contributed by atoms with Gasteiger partial charge in [0.2, 0.25) is 0 Å². The van der Waals surface area contributed by atoms with Crippen LogP contribution in [0.4, 0.5) is 5.69 Å². The number of hydrogen-bond donors (Lipinski definition) is 2. The van der Waals surface area contributed by atoms with Crippen molar-refractivity contribution in [2.24, 2.45) is 5.10 Å². The number of hydrogen-bond acceptors (Lipinski definition) is 5. The van der Waals surface area contributed by atoms with Gasteiger partial charge in [0, 0.05) is 11.3 Å². The smallest absolute Gasteiger partial charge is 0.329 e. The molecule has 7 nitrogen and oxygen atoms in total. The van der Waals surface area contributed by atoms with Gasteiger partial charge in [0.25, 0.3) is 0 Å². The van der Waals surface area contributed by atoms with Crippen LogP contribution in [0.15, 0.2) is 107 Å². The fourth-order valence-electron chi connectivity index (χ4n) is 2.80. The molecule has 3 aromatic carbocycles. The molecule has 2 amide bonds. The largest absolute Gasteiger partial charge is 0.457 e. The van der Waals surface area contributed by atoms with E-state index in [0.29, 0.717) is 28.7 Å². The first-order valence-corrected chi connectivity index (χ1v) is 9.80. The number of carbonyl (C=O) groups is 2.